The van der Waals surface area contributed by atoms with Gasteiger partial charge in [0.15, 0.2) is 0 Å². The van der Waals surface area contributed by atoms with Gasteiger partial charge in [0.25, 0.3) is 5.91 Å². The third-order valence-electron chi connectivity index (χ3n) is 2.40. The number of ether oxygens (including phenoxy) is 2. The van der Waals surface area contributed by atoms with E-state index in [-0.39, 0.29) is 18.4 Å². The number of hydrogen-bond donors (Lipinski definition) is 0. The monoisotopic (exact) mass is 246 g/mol. The van der Waals surface area contributed by atoms with Gasteiger partial charge in [-0.15, -0.1) is 0 Å². The zero-order valence-corrected chi connectivity index (χ0v) is 11.2. The summed E-state index contributed by atoms with van der Waals surface area (Å²) in [5, 5.41) is 0. The topological polar surface area (TPSA) is 59.1 Å². The summed E-state index contributed by atoms with van der Waals surface area (Å²) in [6, 6.07) is 0. The number of rotatable bonds is 7. The van der Waals surface area contributed by atoms with Crippen LogP contribution in [0.3, 0.4) is 0 Å². The average Bonchev–Trinajstić information content (AvgIpc) is 2.31. The maximum atomic E-state index is 11.9. The molecule has 0 radical (unpaired) electrons. The molecular formula is C11H22N2O4. The first-order valence-electron chi connectivity index (χ1n) is 5.44. The Morgan fingerprint density at radius 2 is 1.82 bits per heavy atom. The van der Waals surface area contributed by atoms with E-state index in [9.17, 15) is 9.59 Å². The Kier molecular flexibility index (Phi) is 7.49. The summed E-state index contributed by atoms with van der Waals surface area (Å²) in [7, 11) is 6.32. The number of likely N-dealkylation sites (N-methyl/N-ethyl adjacent to an activating group) is 1. The molecule has 0 N–H and O–H groups in total. The predicted octanol–water partition coefficient (Wildman–Crippen LogP) is -0.415. The fourth-order valence-electron chi connectivity index (χ4n) is 1.13. The molecule has 1 unspecified atom stereocenters. The zero-order valence-electron chi connectivity index (χ0n) is 11.2. The molecule has 0 heterocycles. The van der Waals surface area contributed by atoms with Crippen molar-refractivity contribution >= 4 is 11.8 Å². The molecule has 1 atom stereocenters. The summed E-state index contributed by atoms with van der Waals surface area (Å²) in [6.45, 7) is 2.47. The molecule has 0 aliphatic carbocycles. The minimum Gasteiger partial charge on any atom is -0.383 e. The molecule has 0 aliphatic rings. The summed E-state index contributed by atoms with van der Waals surface area (Å²) in [4.78, 5) is 26.4. The van der Waals surface area contributed by atoms with Crippen molar-refractivity contribution in [2.75, 3.05) is 48.0 Å². The summed E-state index contributed by atoms with van der Waals surface area (Å²) in [6.07, 6.45) is -0.554. The SMILES string of the molecule is COCCN(CC(=O)N(C)C)C(=O)C(C)OC. The van der Waals surface area contributed by atoms with Crippen LogP contribution in [0.15, 0.2) is 0 Å². The van der Waals surface area contributed by atoms with Crippen LogP contribution in [0, 0.1) is 0 Å². The fraction of sp³-hybridized carbons (Fsp3) is 0.818. The van der Waals surface area contributed by atoms with E-state index in [0.29, 0.717) is 13.2 Å². The Balaban J connectivity index is 4.52. The van der Waals surface area contributed by atoms with E-state index in [1.807, 2.05) is 0 Å². The van der Waals surface area contributed by atoms with Crippen molar-refractivity contribution in [3.63, 3.8) is 0 Å². The molecule has 17 heavy (non-hydrogen) atoms. The van der Waals surface area contributed by atoms with E-state index in [4.69, 9.17) is 9.47 Å². The summed E-state index contributed by atoms with van der Waals surface area (Å²) in [5.41, 5.74) is 0. The van der Waals surface area contributed by atoms with Crippen LogP contribution in [0.25, 0.3) is 0 Å². The third kappa shape index (κ3) is 5.65. The lowest BCUT2D eigenvalue weighted by molar-refractivity contribution is -0.146. The molecule has 0 saturated heterocycles. The first kappa shape index (κ1) is 15.9. The van der Waals surface area contributed by atoms with Crippen LogP contribution >= 0.6 is 0 Å². The highest BCUT2D eigenvalue weighted by Crippen LogP contribution is 1.99. The first-order valence-corrected chi connectivity index (χ1v) is 5.44. The molecule has 0 bridgehead atoms. The van der Waals surface area contributed by atoms with Gasteiger partial charge in [-0.05, 0) is 6.92 Å². The van der Waals surface area contributed by atoms with E-state index < -0.39 is 6.10 Å². The largest absolute Gasteiger partial charge is 0.383 e. The van der Waals surface area contributed by atoms with Gasteiger partial charge >= 0.3 is 0 Å². The van der Waals surface area contributed by atoms with E-state index in [0.717, 1.165) is 0 Å². The Morgan fingerprint density at radius 1 is 1.24 bits per heavy atom. The van der Waals surface area contributed by atoms with Crippen molar-refractivity contribution in [3.05, 3.63) is 0 Å². The van der Waals surface area contributed by atoms with Crippen LogP contribution in [0.2, 0.25) is 0 Å². The fourth-order valence-corrected chi connectivity index (χ4v) is 1.13. The van der Waals surface area contributed by atoms with Gasteiger partial charge in [-0.2, -0.15) is 0 Å². The van der Waals surface area contributed by atoms with Crippen molar-refractivity contribution < 1.29 is 19.1 Å². The Labute approximate surface area is 102 Å². The minimum absolute atomic E-state index is 0.0445. The zero-order chi connectivity index (χ0) is 13.4. The number of methoxy groups -OCH3 is 2. The van der Waals surface area contributed by atoms with Crippen molar-refractivity contribution in [1.29, 1.82) is 0 Å². The maximum absolute atomic E-state index is 11.9. The van der Waals surface area contributed by atoms with Gasteiger partial charge in [-0.25, -0.2) is 0 Å². The van der Waals surface area contributed by atoms with Gasteiger partial charge in [0.05, 0.1) is 13.2 Å². The lowest BCUT2D eigenvalue weighted by atomic mass is 10.3. The van der Waals surface area contributed by atoms with Crippen molar-refractivity contribution in [1.82, 2.24) is 9.80 Å². The minimum atomic E-state index is -0.554. The second kappa shape index (κ2) is 8.03. The van der Waals surface area contributed by atoms with Crippen LogP contribution in [-0.2, 0) is 19.1 Å². The molecule has 0 fully saturated rings. The molecule has 0 aromatic carbocycles. The second-order valence-electron chi connectivity index (χ2n) is 3.92. The van der Waals surface area contributed by atoms with Crippen LogP contribution in [0.5, 0.6) is 0 Å². The van der Waals surface area contributed by atoms with Gasteiger partial charge in [-0.3, -0.25) is 9.59 Å². The standard InChI is InChI=1S/C11H22N2O4/c1-9(17-5)11(15)13(6-7-16-4)8-10(14)12(2)3/h9H,6-8H2,1-5H3. The Bertz CT molecular complexity index is 256. The van der Waals surface area contributed by atoms with Crippen molar-refractivity contribution in [2.24, 2.45) is 0 Å². The van der Waals surface area contributed by atoms with Gasteiger partial charge in [0.1, 0.15) is 6.10 Å². The first-order chi connectivity index (χ1) is 7.93. The quantitative estimate of drug-likeness (QED) is 0.612. The maximum Gasteiger partial charge on any atom is 0.251 e. The van der Waals surface area contributed by atoms with Crippen LogP contribution < -0.4 is 0 Å². The molecule has 0 rings (SSSR count). The highest BCUT2D eigenvalue weighted by molar-refractivity contribution is 5.86. The molecule has 0 saturated carbocycles. The van der Waals surface area contributed by atoms with Crippen LogP contribution in [-0.4, -0.2) is 75.7 Å². The molecule has 0 aromatic heterocycles. The van der Waals surface area contributed by atoms with Crippen molar-refractivity contribution in [3.8, 4) is 0 Å². The molecule has 0 spiro atoms. The number of hydrogen-bond acceptors (Lipinski definition) is 4. The number of carbonyl (C=O) groups is 2. The summed E-state index contributed by atoms with van der Waals surface area (Å²) < 4.78 is 9.88. The van der Waals surface area contributed by atoms with E-state index >= 15 is 0 Å². The number of carbonyl (C=O) groups excluding carboxylic acids is 2. The molecule has 6 nitrogen and oxygen atoms in total. The van der Waals surface area contributed by atoms with Gasteiger partial charge in [0.2, 0.25) is 5.91 Å². The molecule has 2 amide bonds. The Hall–Kier alpha value is -1.14. The predicted molar refractivity (Wildman–Crippen MR) is 63.6 cm³/mol. The lowest BCUT2D eigenvalue weighted by Crippen LogP contribution is -2.45. The van der Waals surface area contributed by atoms with Gasteiger partial charge in [-0.1, -0.05) is 0 Å². The van der Waals surface area contributed by atoms with E-state index in [1.165, 1.54) is 16.9 Å². The molecular weight excluding hydrogens is 224 g/mol. The Morgan fingerprint density at radius 3 is 2.24 bits per heavy atom. The van der Waals surface area contributed by atoms with Crippen LogP contribution in [0.1, 0.15) is 6.92 Å². The number of amides is 2. The smallest absolute Gasteiger partial charge is 0.251 e. The molecule has 0 aromatic rings. The average molecular weight is 246 g/mol. The number of nitrogens with zero attached hydrogens (tertiary/aromatic N) is 2. The van der Waals surface area contributed by atoms with Crippen LogP contribution in [0.4, 0.5) is 0 Å². The second-order valence-corrected chi connectivity index (χ2v) is 3.92. The van der Waals surface area contributed by atoms with Gasteiger partial charge in [0, 0.05) is 34.9 Å². The normalized spacial score (nSPS) is 12.1. The molecule has 6 heteroatoms. The highest BCUT2D eigenvalue weighted by atomic mass is 16.5. The highest BCUT2D eigenvalue weighted by Gasteiger charge is 2.22. The van der Waals surface area contributed by atoms with Crippen molar-refractivity contribution in [2.45, 2.75) is 13.0 Å². The third-order valence-corrected chi connectivity index (χ3v) is 2.40. The van der Waals surface area contributed by atoms with E-state index in [1.54, 1.807) is 28.1 Å². The van der Waals surface area contributed by atoms with Gasteiger partial charge < -0.3 is 19.3 Å². The summed E-state index contributed by atoms with van der Waals surface area (Å²) in [5.74, 6) is -0.336. The van der Waals surface area contributed by atoms with E-state index in [2.05, 4.69) is 0 Å². The molecule has 0 aliphatic heterocycles. The molecule has 100 valence electrons. The summed E-state index contributed by atoms with van der Waals surface area (Å²) >= 11 is 0. The lowest BCUT2D eigenvalue weighted by Gasteiger charge is -2.25.